The van der Waals surface area contributed by atoms with Gasteiger partial charge in [-0.3, -0.25) is 0 Å². The van der Waals surface area contributed by atoms with Crippen molar-refractivity contribution in [2.75, 3.05) is 24.6 Å². The number of benzene rings is 1. The van der Waals surface area contributed by atoms with Crippen LogP contribution in [0.2, 0.25) is 0 Å². The molecular weight excluding hydrogens is 202 g/mol. The second-order valence-electron chi connectivity index (χ2n) is 3.89. The largest absolute Gasteiger partial charge is 0.396 e. The molecule has 1 aromatic rings. The van der Waals surface area contributed by atoms with Gasteiger partial charge in [0.1, 0.15) is 0 Å². The van der Waals surface area contributed by atoms with E-state index in [0.717, 1.165) is 30.8 Å². The van der Waals surface area contributed by atoms with Crippen molar-refractivity contribution in [1.29, 1.82) is 0 Å². The molecule has 0 aromatic heterocycles. The maximum atomic E-state index is 9.70. The van der Waals surface area contributed by atoms with Gasteiger partial charge in [-0.15, -0.1) is 0 Å². The van der Waals surface area contributed by atoms with Gasteiger partial charge in [0.2, 0.25) is 0 Å². The summed E-state index contributed by atoms with van der Waals surface area (Å²) in [5.41, 5.74) is 2.01. The van der Waals surface area contributed by atoms with Gasteiger partial charge in [-0.1, -0.05) is 18.2 Å². The highest BCUT2D eigenvalue weighted by Crippen LogP contribution is 2.25. The molecule has 3 nitrogen and oxygen atoms in total. The Bertz CT molecular complexity index is 313. The second-order valence-corrected chi connectivity index (χ2v) is 3.89. The first kappa shape index (κ1) is 13.0. The average molecular weight is 223 g/mol. The van der Waals surface area contributed by atoms with E-state index < -0.39 is 6.10 Å². The van der Waals surface area contributed by atoms with Crippen molar-refractivity contribution in [3.8, 4) is 0 Å². The molecule has 0 radical (unpaired) electrons. The molecule has 3 heteroatoms. The fourth-order valence-corrected chi connectivity index (χ4v) is 1.84. The van der Waals surface area contributed by atoms with Crippen molar-refractivity contribution in [3.05, 3.63) is 29.8 Å². The maximum absolute atomic E-state index is 9.70. The summed E-state index contributed by atoms with van der Waals surface area (Å²) in [7, 11) is 0. The normalized spacial score (nSPS) is 12.5. The van der Waals surface area contributed by atoms with Gasteiger partial charge in [-0.2, -0.15) is 0 Å². The molecule has 0 heterocycles. The average Bonchev–Trinajstić information content (AvgIpc) is 2.30. The lowest BCUT2D eigenvalue weighted by molar-refractivity contribution is 0.199. The van der Waals surface area contributed by atoms with Gasteiger partial charge in [0.25, 0.3) is 0 Å². The highest BCUT2D eigenvalue weighted by atomic mass is 16.3. The van der Waals surface area contributed by atoms with Crippen LogP contribution in [0.4, 0.5) is 5.69 Å². The van der Waals surface area contributed by atoms with Gasteiger partial charge in [0.15, 0.2) is 0 Å². The monoisotopic (exact) mass is 223 g/mol. The number of rotatable bonds is 6. The molecule has 0 aliphatic carbocycles. The molecule has 2 N–H and O–H groups in total. The zero-order valence-electron chi connectivity index (χ0n) is 10.1. The Morgan fingerprint density at radius 1 is 1.31 bits per heavy atom. The van der Waals surface area contributed by atoms with Crippen molar-refractivity contribution >= 4 is 5.69 Å². The number of nitrogens with zero attached hydrogens (tertiary/aromatic N) is 1. The van der Waals surface area contributed by atoms with Gasteiger partial charge in [0.05, 0.1) is 6.10 Å². The lowest BCUT2D eigenvalue weighted by Crippen LogP contribution is -2.26. The van der Waals surface area contributed by atoms with E-state index in [-0.39, 0.29) is 6.61 Å². The summed E-state index contributed by atoms with van der Waals surface area (Å²) in [6.07, 6.45) is 0.293. The Hall–Kier alpha value is -1.06. The van der Waals surface area contributed by atoms with Crippen molar-refractivity contribution in [2.24, 2.45) is 0 Å². The molecule has 1 aromatic carbocycles. The molecule has 0 saturated carbocycles. The fourth-order valence-electron chi connectivity index (χ4n) is 1.84. The number of aliphatic hydroxyl groups is 2. The third-order valence-corrected chi connectivity index (χ3v) is 2.70. The summed E-state index contributed by atoms with van der Waals surface area (Å²) in [6.45, 7) is 5.75. The second kappa shape index (κ2) is 6.51. The predicted octanol–water partition coefficient (Wildman–Crippen LogP) is 1.95. The van der Waals surface area contributed by atoms with Crippen molar-refractivity contribution in [3.63, 3.8) is 0 Å². The molecule has 16 heavy (non-hydrogen) atoms. The summed E-state index contributed by atoms with van der Waals surface area (Å²) < 4.78 is 0. The topological polar surface area (TPSA) is 43.7 Å². The van der Waals surface area contributed by atoms with Crippen LogP contribution >= 0.6 is 0 Å². The summed E-state index contributed by atoms with van der Waals surface area (Å²) in [6, 6.07) is 7.87. The van der Waals surface area contributed by atoms with Crippen molar-refractivity contribution < 1.29 is 10.2 Å². The van der Waals surface area contributed by atoms with Gasteiger partial charge >= 0.3 is 0 Å². The minimum absolute atomic E-state index is 0.202. The smallest absolute Gasteiger partial charge is 0.0781 e. The van der Waals surface area contributed by atoms with Gasteiger partial charge in [-0.25, -0.2) is 0 Å². The van der Waals surface area contributed by atoms with Crippen LogP contribution in [-0.2, 0) is 0 Å². The number of para-hydroxylation sites is 1. The summed E-state index contributed by atoms with van der Waals surface area (Å²) in [4.78, 5) is 2.18. The third-order valence-electron chi connectivity index (χ3n) is 2.70. The van der Waals surface area contributed by atoms with E-state index in [9.17, 15) is 5.11 Å². The van der Waals surface area contributed by atoms with Gasteiger partial charge in [-0.05, 0) is 26.3 Å². The lowest BCUT2D eigenvalue weighted by Gasteiger charge is -2.26. The molecular formula is C13H21NO2. The van der Waals surface area contributed by atoms with Crippen LogP contribution in [0.3, 0.4) is 0 Å². The predicted molar refractivity (Wildman–Crippen MR) is 66.7 cm³/mol. The number of hydrogen-bond acceptors (Lipinski definition) is 3. The van der Waals surface area contributed by atoms with E-state index in [1.807, 2.05) is 24.3 Å². The van der Waals surface area contributed by atoms with Crippen LogP contribution in [-0.4, -0.2) is 29.9 Å². The highest BCUT2D eigenvalue weighted by Gasteiger charge is 2.11. The summed E-state index contributed by atoms with van der Waals surface area (Å²) >= 11 is 0. The molecule has 0 aliphatic rings. The van der Waals surface area contributed by atoms with Crippen LogP contribution in [0, 0.1) is 0 Å². The zero-order chi connectivity index (χ0) is 12.0. The van der Waals surface area contributed by atoms with Crippen LogP contribution < -0.4 is 4.90 Å². The minimum Gasteiger partial charge on any atom is -0.396 e. The van der Waals surface area contributed by atoms with Gasteiger partial charge < -0.3 is 15.1 Å². The summed E-state index contributed by atoms with van der Waals surface area (Å²) in [5.74, 6) is 0. The maximum Gasteiger partial charge on any atom is 0.0781 e. The SMILES string of the molecule is CCN(CCCO)c1ccccc1C(C)O. The Morgan fingerprint density at radius 2 is 2.00 bits per heavy atom. The molecule has 1 unspecified atom stereocenters. The quantitative estimate of drug-likeness (QED) is 0.774. The summed E-state index contributed by atoms with van der Waals surface area (Å²) in [5, 5.41) is 18.6. The van der Waals surface area contributed by atoms with Crippen molar-refractivity contribution in [1.82, 2.24) is 0 Å². The molecule has 0 amide bonds. The fraction of sp³-hybridized carbons (Fsp3) is 0.538. The lowest BCUT2D eigenvalue weighted by atomic mass is 10.1. The number of hydrogen-bond donors (Lipinski definition) is 2. The van der Waals surface area contributed by atoms with E-state index in [4.69, 9.17) is 5.11 Å². The van der Waals surface area contributed by atoms with E-state index in [1.54, 1.807) is 6.92 Å². The Kier molecular flexibility index (Phi) is 5.29. The molecule has 90 valence electrons. The highest BCUT2D eigenvalue weighted by molar-refractivity contribution is 5.54. The molecule has 1 atom stereocenters. The molecule has 0 saturated heterocycles. The molecule has 1 rings (SSSR count). The van der Waals surface area contributed by atoms with Crippen LogP contribution in [0.1, 0.15) is 31.9 Å². The van der Waals surface area contributed by atoms with Gasteiger partial charge in [0, 0.05) is 30.9 Å². The minimum atomic E-state index is -0.459. The van der Waals surface area contributed by atoms with E-state index in [2.05, 4.69) is 11.8 Å². The first-order valence-corrected chi connectivity index (χ1v) is 5.83. The molecule has 0 bridgehead atoms. The number of aliphatic hydroxyl groups excluding tert-OH is 2. The first-order chi connectivity index (χ1) is 7.70. The molecule has 0 fully saturated rings. The van der Waals surface area contributed by atoms with E-state index in [1.165, 1.54) is 0 Å². The van der Waals surface area contributed by atoms with Crippen molar-refractivity contribution in [2.45, 2.75) is 26.4 Å². The zero-order valence-corrected chi connectivity index (χ0v) is 10.1. The Balaban J connectivity index is 2.90. The van der Waals surface area contributed by atoms with Crippen LogP contribution in [0.25, 0.3) is 0 Å². The number of anilines is 1. The van der Waals surface area contributed by atoms with E-state index in [0.29, 0.717) is 0 Å². The van der Waals surface area contributed by atoms with Crippen LogP contribution in [0.15, 0.2) is 24.3 Å². The van der Waals surface area contributed by atoms with Crippen LogP contribution in [0.5, 0.6) is 0 Å². The first-order valence-electron chi connectivity index (χ1n) is 5.83. The third kappa shape index (κ3) is 3.22. The Morgan fingerprint density at radius 3 is 2.56 bits per heavy atom. The molecule has 0 aliphatic heterocycles. The Labute approximate surface area is 97.3 Å². The standard InChI is InChI=1S/C13H21NO2/c1-3-14(9-6-10-15)13-8-5-4-7-12(13)11(2)16/h4-5,7-8,11,15-16H,3,6,9-10H2,1-2H3. The molecule has 0 spiro atoms. The van der Waals surface area contributed by atoms with E-state index >= 15 is 0 Å².